The van der Waals surface area contributed by atoms with Gasteiger partial charge >= 0.3 is 0 Å². The number of benzene rings is 2. The molecule has 0 bridgehead atoms. The number of likely N-dealkylation sites (tertiary alicyclic amines) is 1. The van der Waals surface area contributed by atoms with Crippen molar-refractivity contribution in [2.75, 3.05) is 13.1 Å². The number of hydrogen-bond donors (Lipinski definition) is 1. The Morgan fingerprint density at radius 1 is 1.03 bits per heavy atom. The van der Waals surface area contributed by atoms with Crippen LogP contribution in [-0.2, 0) is 21.4 Å². The van der Waals surface area contributed by atoms with Gasteiger partial charge in [0.15, 0.2) is 0 Å². The maximum Gasteiger partial charge on any atom is 0.222 e. The van der Waals surface area contributed by atoms with Crippen LogP contribution in [0.3, 0.4) is 0 Å². The minimum absolute atomic E-state index is 0.0815. The van der Waals surface area contributed by atoms with E-state index in [9.17, 15) is 9.59 Å². The van der Waals surface area contributed by atoms with Crippen LogP contribution in [0.25, 0.3) is 6.08 Å². The molecule has 32 heavy (non-hydrogen) atoms. The minimum Gasteiger partial charge on any atom is -0.350 e. The Kier molecular flexibility index (Phi) is 5.58. The fourth-order valence-electron chi connectivity index (χ4n) is 5.71. The quantitative estimate of drug-likeness (QED) is 0.707. The average molecular weight is 449 g/mol. The molecule has 0 aromatic heterocycles. The van der Waals surface area contributed by atoms with Crippen LogP contribution in [0, 0.1) is 0 Å². The zero-order chi connectivity index (χ0) is 22.2. The molecule has 2 saturated heterocycles. The van der Waals surface area contributed by atoms with Crippen molar-refractivity contribution in [3.63, 3.8) is 0 Å². The number of amides is 2. The molecule has 2 aromatic carbocycles. The van der Waals surface area contributed by atoms with E-state index in [0.717, 1.165) is 44.3 Å². The second-order valence-corrected chi connectivity index (χ2v) is 10.0. The summed E-state index contributed by atoms with van der Waals surface area (Å²) in [5.74, 6) is 0.282. The molecule has 0 radical (unpaired) electrons. The van der Waals surface area contributed by atoms with Gasteiger partial charge in [0.1, 0.15) is 0 Å². The summed E-state index contributed by atoms with van der Waals surface area (Å²) in [5.41, 5.74) is 3.60. The van der Waals surface area contributed by atoms with Crippen molar-refractivity contribution < 1.29 is 9.59 Å². The lowest BCUT2D eigenvalue weighted by atomic mass is 9.74. The molecule has 0 saturated carbocycles. The van der Waals surface area contributed by atoms with E-state index < -0.39 is 0 Å². The molecule has 1 aliphatic carbocycles. The van der Waals surface area contributed by atoms with Crippen molar-refractivity contribution >= 4 is 29.5 Å². The standard InChI is InChI=1S/C27H29ClN2O2/c28-22-7-5-20(6-8-22)19-27(13-10-24(31)29-27)14-11-25(32)30-17-15-26(16-18-30)12-9-21-3-1-2-4-23(21)26/h1-9,12H,10-11,13-19H2,(H,29,31). The number of nitrogens with one attached hydrogen (secondary N) is 1. The fourth-order valence-corrected chi connectivity index (χ4v) is 5.83. The Balaban J connectivity index is 1.21. The van der Waals surface area contributed by atoms with Crippen LogP contribution >= 0.6 is 11.6 Å². The Hall–Kier alpha value is -2.59. The molecule has 2 heterocycles. The number of piperidine rings is 1. The lowest BCUT2D eigenvalue weighted by molar-refractivity contribution is -0.133. The maximum absolute atomic E-state index is 13.1. The second-order valence-electron chi connectivity index (χ2n) is 9.59. The number of carbonyl (C=O) groups excluding carboxylic acids is 2. The van der Waals surface area contributed by atoms with Crippen LogP contribution in [0.5, 0.6) is 0 Å². The van der Waals surface area contributed by atoms with Crippen LogP contribution in [0.1, 0.15) is 55.2 Å². The highest BCUT2D eigenvalue weighted by Crippen LogP contribution is 2.43. The maximum atomic E-state index is 13.1. The number of halogens is 1. The van der Waals surface area contributed by atoms with Gasteiger partial charge in [0, 0.05) is 41.9 Å². The highest BCUT2D eigenvalue weighted by molar-refractivity contribution is 6.30. The van der Waals surface area contributed by atoms with E-state index in [1.807, 2.05) is 29.2 Å². The molecule has 1 spiro atoms. The van der Waals surface area contributed by atoms with Gasteiger partial charge in [-0.3, -0.25) is 9.59 Å². The molecule has 1 atom stereocenters. The van der Waals surface area contributed by atoms with E-state index in [2.05, 4.69) is 41.7 Å². The van der Waals surface area contributed by atoms with Gasteiger partial charge in [-0.2, -0.15) is 0 Å². The molecule has 2 aliphatic heterocycles. The van der Waals surface area contributed by atoms with Crippen LogP contribution in [0.15, 0.2) is 54.6 Å². The first-order valence-corrected chi connectivity index (χ1v) is 12.0. The lowest BCUT2D eigenvalue weighted by Crippen LogP contribution is -2.47. The van der Waals surface area contributed by atoms with Crippen molar-refractivity contribution in [1.82, 2.24) is 10.2 Å². The molecule has 5 rings (SSSR count). The second kappa shape index (κ2) is 8.40. The third-order valence-corrected chi connectivity index (χ3v) is 7.85. The summed E-state index contributed by atoms with van der Waals surface area (Å²) in [7, 11) is 0. The number of carbonyl (C=O) groups is 2. The van der Waals surface area contributed by atoms with Gasteiger partial charge < -0.3 is 10.2 Å². The predicted molar refractivity (Wildman–Crippen MR) is 127 cm³/mol. The summed E-state index contributed by atoms with van der Waals surface area (Å²) in [5, 5.41) is 3.89. The highest BCUT2D eigenvalue weighted by atomic mass is 35.5. The predicted octanol–water partition coefficient (Wildman–Crippen LogP) is 4.90. The molecular formula is C27H29ClN2O2. The largest absolute Gasteiger partial charge is 0.350 e. The summed E-state index contributed by atoms with van der Waals surface area (Å²) in [6.45, 7) is 1.57. The molecule has 2 fully saturated rings. The van der Waals surface area contributed by atoms with Crippen molar-refractivity contribution in [3.8, 4) is 0 Å². The van der Waals surface area contributed by atoms with Crippen LogP contribution < -0.4 is 5.32 Å². The van der Waals surface area contributed by atoms with E-state index in [4.69, 9.17) is 11.6 Å². The van der Waals surface area contributed by atoms with Crippen molar-refractivity contribution in [1.29, 1.82) is 0 Å². The monoisotopic (exact) mass is 448 g/mol. The van der Waals surface area contributed by atoms with Gasteiger partial charge in [0.2, 0.25) is 11.8 Å². The summed E-state index contributed by atoms with van der Waals surface area (Å²) in [6.07, 6.45) is 9.68. The van der Waals surface area contributed by atoms with Crippen LogP contribution in [0.2, 0.25) is 5.02 Å². The molecule has 166 valence electrons. The van der Waals surface area contributed by atoms with Crippen LogP contribution in [-0.4, -0.2) is 35.3 Å². The first-order valence-electron chi connectivity index (χ1n) is 11.6. The Labute approximate surface area is 194 Å². The van der Waals surface area contributed by atoms with Gasteiger partial charge in [0.25, 0.3) is 0 Å². The summed E-state index contributed by atoms with van der Waals surface area (Å²) in [6, 6.07) is 16.4. The van der Waals surface area contributed by atoms with Gasteiger partial charge in [-0.05, 0) is 60.9 Å². The molecule has 1 unspecified atom stereocenters. The van der Waals surface area contributed by atoms with E-state index in [1.54, 1.807) is 0 Å². The molecular weight excluding hydrogens is 420 g/mol. The Bertz CT molecular complexity index is 1050. The number of nitrogens with zero attached hydrogens (tertiary/aromatic N) is 1. The zero-order valence-electron chi connectivity index (χ0n) is 18.3. The fraction of sp³-hybridized carbons (Fsp3) is 0.407. The third kappa shape index (κ3) is 4.09. The average Bonchev–Trinajstić information content (AvgIpc) is 3.35. The summed E-state index contributed by atoms with van der Waals surface area (Å²) < 4.78 is 0. The van der Waals surface area contributed by atoms with Crippen LogP contribution in [0.4, 0.5) is 0 Å². The van der Waals surface area contributed by atoms with Crippen molar-refractivity contribution in [3.05, 3.63) is 76.3 Å². The number of fused-ring (bicyclic) bond motifs is 2. The van der Waals surface area contributed by atoms with E-state index in [1.165, 1.54) is 11.1 Å². The molecule has 4 nitrogen and oxygen atoms in total. The topological polar surface area (TPSA) is 49.4 Å². The smallest absolute Gasteiger partial charge is 0.222 e. The molecule has 2 aromatic rings. The van der Waals surface area contributed by atoms with Crippen molar-refractivity contribution in [2.24, 2.45) is 0 Å². The van der Waals surface area contributed by atoms with E-state index in [-0.39, 0.29) is 22.8 Å². The number of rotatable bonds is 5. The molecule has 3 aliphatic rings. The zero-order valence-corrected chi connectivity index (χ0v) is 19.0. The first-order chi connectivity index (χ1) is 15.5. The first kappa shape index (κ1) is 21.3. The molecule has 2 amide bonds. The van der Waals surface area contributed by atoms with Gasteiger partial charge in [-0.25, -0.2) is 0 Å². The highest BCUT2D eigenvalue weighted by Gasteiger charge is 2.41. The third-order valence-electron chi connectivity index (χ3n) is 7.60. The van der Waals surface area contributed by atoms with E-state index in [0.29, 0.717) is 24.3 Å². The number of hydrogen-bond acceptors (Lipinski definition) is 2. The molecule has 5 heteroatoms. The van der Waals surface area contributed by atoms with Gasteiger partial charge in [0.05, 0.1) is 0 Å². The van der Waals surface area contributed by atoms with E-state index >= 15 is 0 Å². The lowest BCUT2D eigenvalue weighted by Gasteiger charge is -2.40. The van der Waals surface area contributed by atoms with Gasteiger partial charge in [-0.15, -0.1) is 0 Å². The molecule has 1 N–H and O–H groups in total. The summed E-state index contributed by atoms with van der Waals surface area (Å²) in [4.78, 5) is 27.2. The summed E-state index contributed by atoms with van der Waals surface area (Å²) >= 11 is 6.02. The van der Waals surface area contributed by atoms with Gasteiger partial charge in [-0.1, -0.05) is 60.2 Å². The normalized spacial score (nSPS) is 23.4. The Morgan fingerprint density at radius 2 is 1.78 bits per heavy atom. The number of allylic oxidation sites excluding steroid dienone is 1. The van der Waals surface area contributed by atoms with Crippen molar-refractivity contribution in [2.45, 2.75) is 55.9 Å². The SMILES string of the molecule is O=C1CCC(CCC(=O)N2CCC3(C=Cc4ccccc43)CC2)(Cc2ccc(Cl)cc2)N1. The minimum atomic E-state index is -0.343. The Morgan fingerprint density at radius 3 is 2.50 bits per heavy atom.